The van der Waals surface area contributed by atoms with E-state index >= 15 is 0 Å². The van der Waals surface area contributed by atoms with Gasteiger partial charge in [0.05, 0.1) is 5.39 Å². The van der Waals surface area contributed by atoms with Gasteiger partial charge in [-0.15, -0.1) is 11.3 Å². The maximum absolute atomic E-state index is 12.2. The van der Waals surface area contributed by atoms with Crippen LogP contribution in [0.3, 0.4) is 0 Å². The van der Waals surface area contributed by atoms with Gasteiger partial charge in [0, 0.05) is 23.8 Å². The second-order valence-electron chi connectivity index (χ2n) is 7.01. The molecule has 6 heteroatoms. The summed E-state index contributed by atoms with van der Waals surface area (Å²) in [5.74, 6) is 1.34. The molecule has 1 aliphatic rings. The van der Waals surface area contributed by atoms with Crippen LogP contribution < -0.4 is 10.9 Å². The van der Waals surface area contributed by atoms with E-state index in [1.54, 1.807) is 0 Å². The maximum atomic E-state index is 12.2. The van der Waals surface area contributed by atoms with Gasteiger partial charge in [-0.05, 0) is 38.2 Å². The van der Waals surface area contributed by atoms with Crippen molar-refractivity contribution < 1.29 is 4.79 Å². The first-order valence-corrected chi connectivity index (χ1v) is 9.54. The lowest BCUT2D eigenvalue weighted by Crippen LogP contribution is -2.38. The predicted octanol–water partition coefficient (Wildman–Crippen LogP) is 3.23. The van der Waals surface area contributed by atoms with Crippen LogP contribution in [0.4, 0.5) is 0 Å². The van der Waals surface area contributed by atoms with Gasteiger partial charge in [-0.2, -0.15) is 0 Å². The van der Waals surface area contributed by atoms with Crippen molar-refractivity contribution in [2.75, 3.05) is 0 Å². The molecule has 5 nitrogen and oxygen atoms in total. The van der Waals surface area contributed by atoms with E-state index in [1.165, 1.54) is 24.2 Å². The van der Waals surface area contributed by atoms with E-state index < -0.39 is 0 Å². The molecule has 0 aromatic carbocycles. The van der Waals surface area contributed by atoms with Gasteiger partial charge >= 0.3 is 0 Å². The van der Waals surface area contributed by atoms with Crippen LogP contribution in [-0.2, 0) is 11.2 Å². The summed E-state index contributed by atoms with van der Waals surface area (Å²) in [6.45, 7) is 6.19. The van der Waals surface area contributed by atoms with Crippen LogP contribution in [0.2, 0.25) is 0 Å². The van der Waals surface area contributed by atoms with Crippen LogP contribution in [0, 0.1) is 19.8 Å². The van der Waals surface area contributed by atoms with Crippen molar-refractivity contribution in [2.24, 2.45) is 5.92 Å². The predicted molar refractivity (Wildman–Crippen MR) is 97.6 cm³/mol. The van der Waals surface area contributed by atoms with E-state index in [0.717, 1.165) is 28.1 Å². The molecule has 2 aromatic heterocycles. The molecule has 1 aliphatic carbocycles. The zero-order chi connectivity index (χ0) is 17.3. The zero-order valence-electron chi connectivity index (χ0n) is 14.6. The molecule has 0 bridgehead atoms. The summed E-state index contributed by atoms with van der Waals surface area (Å²) in [5, 5.41) is 3.81. The summed E-state index contributed by atoms with van der Waals surface area (Å²) in [6.07, 6.45) is 5.43. The van der Waals surface area contributed by atoms with Gasteiger partial charge in [0.1, 0.15) is 10.7 Å². The highest BCUT2D eigenvalue weighted by Crippen LogP contribution is 2.26. The standard InChI is InChI=1S/C18H25N3O2S/c1-10-5-4-6-13(9-10)19-15(22)8-7-14-20-17(23)16-11(2)12(3)24-18(16)21-14/h10,13H,4-9H2,1-3H3,(H,19,22)(H,20,21,23)/t10-,13-/m0/s1. The Labute approximate surface area is 145 Å². The van der Waals surface area contributed by atoms with Crippen LogP contribution >= 0.6 is 11.3 Å². The molecule has 130 valence electrons. The Morgan fingerprint density at radius 3 is 2.92 bits per heavy atom. The Balaban J connectivity index is 1.63. The number of nitrogens with one attached hydrogen (secondary N) is 2. The van der Waals surface area contributed by atoms with Gasteiger partial charge in [-0.25, -0.2) is 4.98 Å². The van der Waals surface area contributed by atoms with E-state index in [9.17, 15) is 9.59 Å². The molecule has 0 radical (unpaired) electrons. The number of nitrogens with zero attached hydrogens (tertiary/aromatic N) is 1. The second kappa shape index (κ2) is 7.05. The van der Waals surface area contributed by atoms with Gasteiger partial charge in [0.25, 0.3) is 5.56 Å². The minimum absolute atomic E-state index is 0.0513. The first kappa shape index (κ1) is 17.1. The fourth-order valence-electron chi connectivity index (χ4n) is 3.51. The molecular formula is C18H25N3O2S. The number of rotatable bonds is 4. The average molecular weight is 347 g/mol. The van der Waals surface area contributed by atoms with E-state index in [4.69, 9.17) is 0 Å². The first-order valence-electron chi connectivity index (χ1n) is 8.72. The molecule has 3 rings (SSSR count). The van der Waals surface area contributed by atoms with Crippen molar-refractivity contribution >= 4 is 27.5 Å². The summed E-state index contributed by atoms with van der Waals surface area (Å²) in [4.78, 5) is 33.7. The molecule has 1 fully saturated rings. The number of H-pyrrole nitrogens is 1. The third-order valence-corrected chi connectivity index (χ3v) is 6.08. The SMILES string of the molecule is Cc1sc2nc(CCC(=O)N[C@H]3CCC[C@H](C)C3)[nH]c(=O)c2c1C. The van der Waals surface area contributed by atoms with Crippen molar-refractivity contribution in [3.05, 3.63) is 26.6 Å². The second-order valence-corrected chi connectivity index (χ2v) is 8.22. The monoisotopic (exact) mass is 347 g/mol. The number of carbonyl (C=O) groups excluding carboxylic acids is 1. The maximum Gasteiger partial charge on any atom is 0.259 e. The number of aryl methyl sites for hydroxylation is 3. The molecule has 0 saturated heterocycles. The summed E-state index contributed by atoms with van der Waals surface area (Å²) in [6, 6.07) is 0.304. The van der Waals surface area contributed by atoms with Crippen molar-refractivity contribution in [1.82, 2.24) is 15.3 Å². The lowest BCUT2D eigenvalue weighted by Gasteiger charge is -2.27. The van der Waals surface area contributed by atoms with Crippen molar-refractivity contribution in [3.63, 3.8) is 0 Å². The molecule has 1 saturated carbocycles. The number of hydrogen-bond acceptors (Lipinski definition) is 4. The van der Waals surface area contributed by atoms with E-state index in [0.29, 0.717) is 36.0 Å². The minimum Gasteiger partial charge on any atom is -0.353 e. The highest BCUT2D eigenvalue weighted by Gasteiger charge is 2.20. The van der Waals surface area contributed by atoms with Crippen LogP contribution in [0.1, 0.15) is 55.3 Å². The third kappa shape index (κ3) is 3.69. The van der Waals surface area contributed by atoms with Gasteiger partial charge in [0.2, 0.25) is 5.91 Å². The molecule has 2 N–H and O–H groups in total. The summed E-state index contributed by atoms with van der Waals surface area (Å²) >= 11 is 1.54. The van der Waals surface area contributed by atoms with Crippen LogP contribution in [0.15, 0.2) is 4.79 Å². The third-order valence-electron chi connectivity index (χ3n) is 4.98. The molecule has 2 atom stereocenters. The molecule has 0 unspecified atom stereocenters. The Bertz CT molecular complexity index is 808. The molecule has 0 aliphatic heterocycles. The molecule has 2 heterocycles. The van der Waals surface area contributed by atoms with E-state index in [1.807, 2.05) is 13.8 Å². The normalized spacial score (nSPS) is 21.1. The topological polar surface area (TPSA) is 74.8 Å². The summed E-state index contributed by atoms with van der Waals surface area (Å²) in [5.41, 5.74) is 0.901. The number of amides is 1. The van der Waals surface area contributed by atoms with Crippen LogP contribution in [0.5, 0.6) is 0 Å². The van der Waals surface area contributed by atoms with Crippen molar-refractivity contribution in [3.8, 4) is 0 Å². The van der Waals surface area contributed by atoms with Crippen LogP contribution in [0.25, 0.3) is 10.2 Å². The molecular weight excluding hydrogens is 322 g/mol. The summed E-state index contributed by atoms with van der Waals surface area (Å²) < 4.78 is 0. The number of fused-ring (bicyclic) bond motifs is 1. The van der Waals surface area contributed by atoms with Crippen LogP contribution in [-0.4, -0.2) is 21.9 Å². The number of carbonyl (C=O) groups is 1. The summed E-state index contributed by atoms with van der Waals surface area (Å²) in [7, 11) is 0. The van der Waals surface area contributed by atoms with Gasteiger partial charge < -0.3 is 10.3 Å². The number of hydrogen-bond donors (Lipinski definition) is 2. The lowest BCUT2D eigenvalue weighted by molar-refractivity contribution is -0.122. The molecule has 0 spiro atoms. The fraction of sp³-hybridized carbons (Fsp3) is 0.611. The lowest BCUT2D eigenvalue weighted by atomic mass is 9.87. The van der Waals surface area contributed by atoms with E-state index in [-0.39, 0.29) is 11.5 Å². The number of aromatic nitrogens is 2. The van der Waals surface area contributed by atoms with Gasteiger partial charge in [-0.1, -0.05) is 19.8 Å². The molecule has 24 heavy (non-hydrogen) atoms. The first-order chi connectivity index (χ1) is 11.4. The smallest absolute Gasteiger partial charge is 0.259 e. The van der Waals surface area contributed by atoms with Crippen molar-refractivity contribution in [2.45, 2.75) is 65.3 Å². The van der Waals surface area contributed by atoms with Gasteiger partial charge in [0.15, 0.2) is 0 Å². The molecule has 2 aromatic rings. The average Bonchev–Trinajstić information content (AvgIpc) is 2.80. The highest BCUT2D eigenvalue weighted by atomic mass is 32.1. The largest absolute Gasteiger partial charge is 0.353 e. The van der Waals surface area contributed by atoms with Gasteiger partial charge in [-0.3, -0.25) is 9.59 Å². The number of thiophene rings is 1. The van der Waals surface area contributed by atoms with Crippen molar-refractivity contribution in [1.29, 1.82) is 0 Å². The quantitative estimate of drug-likeness (QED) is 0.891. The fourth-order valence-corrected chi connectivity index (χ4v) is 4.56. The highest BCUT2D eigenvalue weighted by molar-refractivity contribution is 7.18. The van der Waals surface area contributed by atoms with E-state index in [2.05, 4.69) is 22.2 Å². The Kier molecular flexibility index (Phi) is 5.04. The Morgan fingerprint density at radius 2 is 2.17 bits per heavy atom. The Hall–Kier alpha value is -1.69. The zero-order valence-corrected chi connectivity index (χ0v) is 15.4. The Morgan fingerprint density at radius 1 is 1.38 bits per heavy atom. The minimum atomic E-state index is -0.0987. The molecule has 1 amide bonds. The number of aromatic amines is 1.